The number of hydrogen-bond donors (Lipinski definition) is 1. The molecule has 0 aliphatic heterocycles. The van der Waals surface area contributed by atoms with Gasteiger partial charge in [0, 0.05) is 17.6 Å². The Morgan fingerprint density at radius 1 is 1.05 bits per heavy atom. The monoisotopic (exact) mass is 291 g/mol. The van der Waals surface area contributed by atoms with Gasteiger partial charge in [-0.2, -0.15) is 0 Å². The molecule has 20 heavy (non-hydrogen) atoms. The Hall–Kier alpha value is -1.87. The molecule has 2 aromatic carbocycles. The van der Waals surface area contributed by atoms with E-state index >= 15 is 0 Å². The maximum Gasteiger partial charge on any atom is 0.145 e. The van der Waals surface area contributed by atoms with Crippen LogP contribution in [0.25, 0.3) is 0 Å². The number of benzene rings is 2. The number of rotatable bonds is 5. The molecular formula is C16H18ClNO2. The third-order valence-electron chi connectivity index (χ3n) is 3.13. The van der Waals surface area contributed by atoms with Gasteiger partial charge in [-0.15, -0.1) is 0 Å². The van der Waals surface area contributed by atoms with Crippen LogP contribution in [0.5, 0.6) is 11.5 Å². The molecule has 0 bridgehead atoms. The van der Waals surface area contributed by atoms with Crippen molar-refractivity contribution in [1.29, 1.82) is 0 Å². The van der Waals surface area contributed by atoms with Crippen LogP contribution in [0.2, 0.25) is 5.02 Å². The highest BCUT2D eigenvalue weighted by atomic mass is 35.5. The predicted molar refractivity (Wildman–Crippen MR) is 83.1 cm³/mol. The van der Waals surface area contributed by atoms with Crippen molar-refractivity contribution >= 4 is 17.3 Å². The number of nitrogens with one attached hydrogen (secondary N) is 1. The van der Waals surface area contributed by atoms with Gasteiger partial charge in [0.25, 0.3) is 0 Å². The summed E-state index contributed by atoms with van der Waals surface area (Å²) in [6.07, 6.45) is 0. The lowest BCUT2D eigenvalue weighted by molar-refractivity contribution is 0.395. The molecule has 0 amide bonds. The first-order chi connectivity index (χ1) is 9.63. The van der Waals surface area contributed by atoms with Gasteiger partial charge >= 0.3 is 0 Å². The fourth-order valence-electron chi connectivity index (χ4n) is 1.89. The lowest BCUT2D eigenvalue weighted by Crippen LogP contribution is -2.01. The van der Waals surface area contributed by atoms with Crippen molar-refractivity contribution in [2.45, 2.75) is 13.5 Å². The Bertz CT molecular complexity index is 599. The van der Waals surface area contributed by atoms with E-state index in [-0.39, 0.29) is 0 Å². The third-order valence-corrected chi connectivity index (χ3v) is 3.54. The number of methoxy groups -OCH3 is 2. The number of anilines is 1. The van der Waals surface area contributed by atoms with E-state index < -0.39 is 0 Å². The van der Waals surface area contributed by atoms with Gasteiger partial charge in [-0.05, 0) is 36.2 Å². The molecule has 0 aliphatic carbocycles. The van der Waals surface area contributed by atoms with E-state index in [1.54, 1.807) is 14.2 Å². The Balaban J connectivity index is 2.12. The fourth-order valence-corrected chi connectivity index (χ4v) is 2.09. The number of halogens is 1. The van der Waals surface area contributed by atoms with Gasteiger partial charge in [0.1, 0.15) is 11.5 Å². The number of hydrogen-bond acceptors (Lipinski definition) is 3. The molecule has 0 radical (unpaired) electrons. The minimum Gasteiger partial charge on any atom is -0.497 e. The predicted octanol–water partition coefficient (Wildman–Crippen LogP) is 4.28. The third kappa shape index (κ3) is 3.36. The Morgan fingerprint density at radius 3 is 2.50 bits per heavy atom. The van der Waals surface area contributed by atoms with Crippen LogP contribution in [0.15, 0.2) is 36.4 Å². The molecule has 106 valence electrons. The summed E-state index contributed by atoms with van der Waals surface area (Å²) in [5.41, 5.74) is 3.13. The van der Waals surface area contributed by atoms with Crippen LogP contribution in [0, 0.1) is 6.92 Å². The van der Waals surface area contributed by atoms with E-state index in [1.807, 2.05) is 37.3 Å². The van der Waals surface area contributed by atoms with Gasteiger partial charge in [0.15, 0.2) is 0 Å². The molecule has 3 nitrogen and oxygen atoms in total. The van der Waals surface area contributed by atoms with Crippen LogP contribution in [-0.4, -0.2) is 14.2 Å². The van der Waals surface area contributed by atoms with Crippen molar-refractivity contribution in [3.63, 3.8) is 0 Å². The molecule has 0 unspecified atom stereocenters. The summed E-state index contributed by atoms with van der Waals surface area (Å²) in [6, 6.07) is 11.7. The van der Waals surface area contributed by atoms with Gasteiger partial charge in [0.05, 0.1) is 19.9 Å². The molecule has 2 aromatic rings. The van der Waals surface area contributed by atoms with Crippen molar-refractivity contribution in [3.05, 3.63) is 52.5 Å². The quantitative estimate of drug-likeness (QED) is 0.892. The van der Waals surface area contributed by atoms with Gasteiger partial charge in [-0.3, -0.25) is 0 Å². The topological polar surface area (TPSA) is 30.5 Å². The standard InChI is InChI=1S/C16H18ClNO2/c1-11-4-5-12(8-14(11)17)10-18-15-7-6-13(19-2)9-16(15)20-3/h4-9,18H,10H2,1-3H3. The summed E-state index contributed by atoms with van der Waals surface area (Å²) in [5, 5.41) is 4.12. The Morgan fingerprint density at radius 2 is 1.85 bits per heavy atom. The zero-order valence-electron chi connectivity index (χ0n) is 11.9. The SMILES string of the molecule is COc1ccc(NCc2ccc(C)c(Cl)c2)c(OC)c1. The average molecular weight is 292 g/mol. The minimum atomic E-state index is 0.683. The Labute approximate surface area is 124 Å². The maximum atomic E-state index is 6.12. The van der Waals surface area contributed by atoms with Gasteiger partial charge in [-0.25, -0.2) is 0 Å². The highest BCUT2D eigenvalue weighted by Gasteiger charge is 2.05. The smallest absolute Gasteiger partial charge is 0.145 e. The molecule has 0 fully saturated rings. The summed E-state index contributed by atoms with van der Waals surface area (Å²) < 4.78 is 10.5. The van der Waals surface area contributed by atoms with Gasteiger partial charge < -0.3 is 14.8 Å². The van der Waals surface area contributed by atoms with Crippen LogP contribution in [0.4, 0.5) is 5.69 Å². The first-order valence-corrected chi connectivity index (χ1v) is 6.72. The van der Waals surface area contributed by atoms with Crippen molar-refractivity contribution in [2.24, 2.45) is 0 Å². The summed E-state index contributed by atoms with van der Waals surface area (Å²) in [7, 11) is 3.28. The Kier molecular flexibility index (Phi) is 4.74. The van der Waals surface area contributed by atoms with E-state index in [0.717, 1.165) is 33.3 Å². The zero-order valence-corrected chi connectivity index (χ0v) is 12.6. The fraction of sp³-hybridized carbons (Fsp3) is 0.250. The molecule has 2 rings (SSSR count). The maximum absolute atomic E-state index is 6.12. The second-order valence-electron chi connectivity index (χ2n) is 4.50. The molecule has 0 spiro atoms. The van der Waals surface area contributed by atoms with E-state index in [4.69, 9.17) is 21.1 Å². The molecule has 0 heterocycles. The zero-order chi connectivity index (χ0) is 14.5. The summed E-state index contributed by atoms with van der Waals surface area (Å²) in [5.74, 6) is 1.52. The highest BCUT2D eigenvalue weighted by Crippen LogP contribution is 2.29. The van der Waals surface area contributed by atoms with Crippen LogP contribution < -0.4 is 14.8 Å². The van der Waals surface area contributed by atoms with Crippen LogP contribution in [0.3, 0.4) is 0 Å². The molecule has 0 saturated heterocycles. The van der Waals surface area contributed by atoms with Crippen molar-refractivity contribution in [1.82, 2.24) is 0 Å². The molecule has 4 heteroatoms. The highest BCUT2D eigenvalue weighted by molar-refractivity contribution is 6.31. The summed E-state index contributed by atoms with van der Waals surface area (Å²) >= 11 is 6.12. The normalized spacial score (nSPS) is 10.2. The number of aryl methyl sites for hydroxylation is 1. The van der Waals surface area contributed by atoms with E-state index in [1.165, 1.54) is 0 Å². The van der Waals surface area contributed by atoms with Crippen LogP contribution >= 0.6 is 11.6 Å². The second kappa shape index (κ2) is 6.53. The van der Waals surface area contributed by atoms with Crippen molar-refractivity contribution in [2.75, 3.05) is 19.5 Å². The lowest BCUT2D eigenvalue weighted by atomic mass is 10.1. The van der Waals surface area contributed by atoms with Crippen LogP contribution in [0.1, 0.15) is 11.1 Å². The van der Waals surface area contributed by atoms with Crippen LogP contribution in [-0.2, 0) is 6.54 Å². The van der Waals surface area contributed by atoms with Gasteiger partial charge in [0.2, 0.25) is 0 Å². The molecular weight excluding hydrogens is 274 g/mol. The first-order valence-electron chi connectivity index (χ1n) is 6.35. The van der Waals surface area contributed by atoms with Crippen molar-refractivity contribution in [3.8, 4) is 11.5 Å². The van der Waals surface area contributed by atoms with E-state index in [9.17, 15) is 0 Å². The van der Waals surface area contributed by atoms with Gasteiger partial charge in [-0.1, -0.05) is 23.7 Å². The lowest BCUT2D eigenvalue weighted by Gasteiger charge is -2.13. The first kappa shape index (κ1) is 14.5. The molecule has 0 aromatic heterocycles. The van der Waals surface area contributed by atoms with Crippen molar-refractivity contribution < 1.29 is 9.47 Å². The minimum absolute atomic E-state index is 0.683. The molecule has 0 aliphatic rings. The molecule has 0 saturated carbocycles. The summed E-state index contributed by atoms with van der Waals surface area (Å²) in [6.45, 7) is 2.68. The largest absolute Gasteiger partial charge is 0.497 e. The van der Waals surface area contributed by atoms with E-state index in [0.29, 0.717) is 6.54 Å². The molecule has 1 N–H and O–H groups in total. The second-order valence-corrected chi connectivity index (χ2v) is 4.91. The van der Waals surface area contributed by atoms with E-state index in [2.05, 4.69) is 11.4 Å². The molecule has 0 atom stereocenters. The number of ether oxygens (including phenoxy) is 2. The summed E-state index contributed by atoms with van der Waals surface area (Å²) in [4.78, 5) is 0. The average Bonchev–Trinajstić information content (AvgIpc) is 2.48.